The Labute approximate surface area is 156 Å². The fourth-order valence-electron chi connectivity index (χ4n) is 1.76. The first-order valence-corrected chi connectivity index (χ1v) is 8.35. The van der Waals surface area contributed by atoms with E-state index in [9.17, 15) is 4.79 Å². The number of ether oxygens (including phenoxy) is 1. The quantitative estimate of drug-likeness (QED) is 0.590. The van der Waals surface area contributed by atoms with Crippen LogP contribution in [-0.4, -0.2) is 12.1 Å². The largest absolute Gasteiger partial charge is 1.00 e. The van der Waals surface area contributed by atoms with Crippen LogP contribution in [0.15, 0.2) is 42.5 Å². The van der Waals surface area contributed by atoms with Crippen LogP contribution >= 0.6 is 31.8 Å². The summed E-state index contributed by atoms with van der Waals surface area (Å²) in [6, 6.07) is 12.6. The molecule has 0 aliphatic carbocycles. The van der Waals surface area contributed by atoms with Crippen molar-refractivity contribution in [3.8, 4) is 5.75 Å². The van der Waals surface area contributed by atoms with Crippen LogP contribution in [0.4, 0.5) is 0 Å². The van der Waals surface area contributed by atoms with Crippen molar-refractivity contribution in [1.29, 1.82) is 0 Å². The molecule has 0 spiro atoms. The van der Waals surface area contributed by atoms with E-state index in [1.54, 1.807) is 18.2 Å². The first kappa shape index (κ1) is 19.6. The summed E-state index contributed by atoms with van der Waals surface area (Å²) in [4.78, 5) is 12.3. The Morgan fingerprint density at radius 3 is 2.27 bits per heavy atom. The molecular weight excluding hydrogens is 333 g/mol. The van der Waals surface area contributed by atoms with Crippen LogP contribution < -0.4 is 28.9 Å². The standard InChI is InChI=1S/C16H15Cl2O2P.Li.H/c1-2-10-20-11-6-8-12(9-7-11)21-16(19)15-13(17)4-3-5-14(15)18;;/h3-9,21H,2,10H2,1H3;;/q;+1;-1. The summed E-state index contributed by atoms with van der Waals surface area (Å²) in [7, 11) is -0.0162. The van der Waals surface area contributed by atoms with Gasteiger partial charge >= 0.3 is 18.9 Å². The molecule has 1 atom stereocenters. The van der Waals surface area contributed by atoms with E-state index in [4.69, 9.17) is 27.9 Å². The van der Waals surface area contributed by atoms with Gasteiger partial charge in [-0.3, -0.25) is 4.79 Å². The zero-order chi connectivity index (χ0) is 15.2. The maximum Gasteiger partial charge on any atom is 1.00 e. The SMILES string of the molecule is CCCOc1ccc(PC(=O)c2c(Cl)cccc2Cl)cc1.[H-].[Li+]. The average molecular weight is 349 g/mol. The predicted octanol–water partition coefficient (Wildman–Crippen LogP) is 2.04. The Hall–Kier alpha value is -0.483. The number of rotatable bonds is 6. The molecule has 0 aromatic heterocycles. The molecule has 2 rings (SSSR count). The monoisotopic (exact) mass is 348 g/mol. The minimum atomic E-state index is -0.0622. The Morgan fingerprint density at radius 2 is 1.73 bits per heavy atom. The van der Waals surface area contributed by atoms with Crippen molar-refractivity contribution in [2.75, 3.05) is 6.61 Å². The number of hydrogen-bond donors (Lipinski definition) is 0. The maximum atomic E-state index is 12.3. The van der Waals surface area contributed by atoms with Gasteiger partial charge in [-0.2, -0.15) is 0 Å². The van der Waals surface area contributed by atoms with Crippen LogP contribution in [-0.2, 0) is 0 Å². The fraction of sp³-hybridized carbons (Fsp3) is 0.188. The number of halogens is 2. The van der Waals surface area contributed by atoms with Crippen LogP contribution in [0.25, 0.3) is 0 Å². The Bertz CT molecular complexity index is 618. The summed E-state index contributed by atoms with van der Waals surface area (Å²) in [6.07, 6.45) is 0.965. The van der Waals surface area contributed by atoms with Gasteiger partial charge in [-0.05, 0) is 44.6 Å². The van der Waals surface area contributed by atoms with Crippen molar-refractivity contribution in [3.63, 3.8) is 0 Å². The number of benzene rings is 2. The zero-order valence-electron chi connectivity index (χ0n) is 13.5. The second kappa shape index (κ2) is 9.61. The van der Waals surface area contributed by atoms with E-state index in [1.807, 2.05) is 24.3 Å². The Balaban J connectivity index is 0.00000242. The molecule has 0 saturated carbocycles. The molecule has 2 nitrogen and oxygen atoms in total. The summed E-state index contributed by atoms with van der Waals surface area (Å²) in [6.45, 7) is 2.75. The van der Waals surface area contributed by atoms with Gasteiger partial charge in [0.25, 0.3) is 0 Å². The minimum absolute atomic E-state index is 0. The predicted molar refractivity (Wildman–Crippen MR) is 92.1 cm³/mol. The van der Waals surface area contributed by atoms with Gasteiger partial charge in [-0.1, -0.05) is 48.3 Å². The molecule has 22 heavy (non-hydrogen) atoms. The number of carbonyl (C=O) groups is 1. The Kier molecular flexibility index (Phi) is 8.55. The van der Waals surface area contributed by atoms with E-state index in [2.05, 4.69) is 6.92 Å². The van der Waals surface area contributed by atoms with E-state index in [1.165, 1.54) is 0 Å². The molecule has 0 aliphatic rings. The maximum absolute atomic E-state index is 12.3. The first-order chi connectivity index (χ1) is 10.1. The minimum Gasteiger partial charge on any atom is -1.00 e. The summed E-state index contributed by atoms with van der Waals surface area (Å²) >= 11 is 12.1. The van der Waals surface area contributed by atoms with Gasteiger partial charge in [0, 0.05) is 0 Å². The number of carbonyl (C=O) groups excluding carboxylic acids is 1. The molecule has 2 aromatic rings. The van der Waals surface area contributed by atoms with Crippen LogP contribution in [0, 0.1) is 0 Å². The van der Waals surface area contributed by atoms with E-state index in [0.29, 0.717) is 22.2 Å². The first-order valence-electron chi connectivity index (χ1n) is 6.60. The number of hydrogen-bond acceptors (Lipinski definition) is 2. The Morgan fingerprint density at radius 1 is 1.14 bits per heavy atom. The van der Waals surface area contributed by atoms with Crippen molar-refractivity contribution in [2.45, 2.75) is 13.3 Å². The van der Waals surface area contributed by atoms with Crippen molar-refractivity contribution < 1.29 is 29.8 Å². The van der Waals surface area contributed by atoms with Crippen LogP contribution in [0.5, 0.6) is 5.75 Å². The molecule has 0 fully saturated rings. The van der Waals surface area contributed by atoms with E-state index >= 15 is 0 Å². The molecule has 0 aliphatic heterocycles. The molecule has 0 heterocycles. The molecule has 2 aromatic carbocycles. The summed E-state index contributed by atoms with van der Waals surface area (Å²) in [5.74, 6) is 0.814. The zero-order valence-corrected chi connectivity index (χ0v) is 15.0. The molecule has 0 N–H and O–H groups in total. The second-order valence-electron chi connectivity index (χ2n) is 4.42. The topological polar surface area (TPSA) is 26.3 Å². The fourth-order valence-corrected chi connectivity index (χ4v) is 3.48. The summed E-state index contributed by atoms with van der Waals surface area (Å²) < 4.78 is 5.51. The third kappa shape index (κ3) is 5.31. The van der Waals surface area contributed by atoms with Crippen molar-refractivity contribution in [2.24, 2.45) is 0 Å². The summed E-state index contributed by atoms with van der Waals surface area (Å²) in [5.41, 5.74) is 0.332. The van der Waals surface area contributed by atoms with Crippen LogP contribution in [0.1, 0.15) is 25.1 Å². The van der Waals surface area contributed by atoms with Gasteiger partial charge in [-0.25, -0.2) is 0 Å². The third-order valence-corrected chi connectivity index (χ3v) is 4.50. The van der Waals surface area contributed by atoms with Gasteiger partial charge in [0.1, 0.15) is 5.75 Å². The van der Waals surface area contributed by atoms with Gasteiger partial charge < -0.3 is 6.16 Å². The molecule has 0 bridgehead atoms. The summed E-state index contributed by atoms with van der Waals surface area (Å²) in [5, 5.41) is 1.71. The van der Waals surface area contributed by atoms with E-state index in [0.717, 1.165) is 17.5 Å². The van der Waals surface area contributed by atoms with Crippen molar-refractivity contribution in [1.82, 2.24) is 0 Å². The third-order valence-electron chi connectivity index (χ3n) is 2.77. The van der Waals surface area contributed by atoms with Crippen LogP contribution in [0.3, 0.4) is 0 Å². The molecule has 0 amide bonds. The van der Waals surface area contributed by atoms with Crippen LogP contribution in [0.2, 0.25) is 10.0 Å². The molecule has 0 radical (unpaired) electrons. The molecular formula is C16H16Cl2LiO2P. The second-order valence-corrected chi connectivity index (χ2v) is 6.52. The van der Waals surface area contributed by atoms with Crippen molar-refractivity contribution >= 4 is 42.6 Å². The molecule has 6 heteroatoms. The van der Waals surface area contributed by atoms with Gasteiger partial charge in [-0.15, -0.1) is 0 Å². The van der Waals surface area contributed by atoms with Gasteiger partial charge in [0.15, 0.2) is 5.52 Å². The van der Waals surface area contributed by atoms with Crippen molar-refractivity contribution in [3.05, 3.63) is 58.1 Å². The average Bonchev–Trinajstić information content (AvgIpc) is 2.46. The van der Waals surface area contributed by atoms with E-state index < -0.39 is 0 Å². The molecule has 0 saturated heterocycles. The van der Waals surface area contributed by atoms with E-state index in [-0.39, 0.29) is 34.4 Å². The van der Waals surface area contributed by atoms with Gasteiger partial charge in [0.2, 0.25) is 0 Å². The smallest absolute Gasteiger partial charge is 1.00 e. The molecule has 112 valence electrons. The molecule has 1 unspecified atom stereocenters. The van der Waals surface area contributed by atoms with Gasteiger partial charge in [0.05, 0.1) is 22.2 Å². The normalized spacial score (nSPS) is 10.5.